The predicted molar refractivity (Wildman–Crippen MR) is 43.1 cm³/mol. The van der Waals surface area contributed by atoms with Crippen molar-refractivity contribution in [2.75, 3.05) is 13.1 Å². The van der Waals surface area contributed by atoms with E-state index in [-0.39, 0.29) is 12.5 Å². The fourth-order valence-electron chi connectivity index (χ4n) is 0.654. The van der Waals surface area contributed by atoms with Crippen molar-refractivity contribution >= 4 is 12.2 Å². The number of amides is 1. The summed E-state index contributed by atoms with van der Waals surface area (Å²) in [4.78, 5) is 22.3. The van der Waals surface area contributed by atoms with E-state index in [4.69, 9.17) is 0 Å². The molecule has 0 rings (SSSR count). The molecular weight excluding hydrogens is 142 g/mol. The molecular formula is C8H13NO2. The van der Waals surface area contributed by atoms with Crippen LogP contribution in [0.1, 0.15) is 13.8 Å². The molecule has 1 amide bonds. The Kier molecular flexibility index (Phi) is 5.07. The Balaban J connectivity index is 3.88. The molecule has 62 valence electrons. The zero-order valence-electron chi connectivity index (χ0n) is 6.91. The summed E-state index contributed by atoms with van der Waals surface area (Å²) in [5.41, 5.74) is 0. The van der Waals surface area contributed by atoms with E-state index in [0.29, 0.717) is 6.54 Å². The van der Waals surface area contributed by atoms with Gasteiger partial charge in [0.2, 0.25) is 5.91 Å². The second kappa shape index (κ2) is 5.65. The van der Waals surface area contributed by atoms with Gasteiger partial charge in [-0.2, -0.15) is 0 Å². The van der Waals surface area contributed by atoms with Gasteiger partial charge >= 0.3 is 0 Å². The molecule has 0 aromatic carbocycles. The van der Waals surface area contributed by atoms with Crippen LogP contribution in [0.5, 0.6) is 0 Å². The lowest BCUT2D eigenvalue weighted by Gasteiger charge is -2.14. The monoisotopic (exact) mass is 155 g/mol. The first-order valence-electron chi connectivity index (χ1n) is 3.52. The topological polar surface area (TPSA) is 37.4 Å². The first-order valence-corrected chi connectivity index (χ1v) is 3.52. The maximum atomic E-state index is 10.8. The maximum Gasteiger partial charge on any atom is 0.220 e. The van der Waals surface area contributed by atoms with Crippen LogP contribution in [0.4, 0.5) is 0 Å². The van der Waals surface area contributed by atoms with Crippen LogP contribution < -0.4 is 0 Å². The number of carbonyl (C=O) groups is 2. The Morgan fingerprint density at radius 3 is 2.45 bits per heavy atom. The molecule has 0 aliphatic heterocycles. The van der Waals surface area contributed by atoms with Gasteiger partial charge in [-0.05, 0) is 6.92 Å². The van der Waals surface area contributed by atoms with Crippen molar-refractivity contribution in [2.24, 2.45) is 0 Å². The minimum absolute atomic E-state index is 0.0739. The summed E-state index contributed by atoms with van der Waals surface area (Å²) in [6, 6.07) is 0. The molecule has 0 N–H and O–H groups in total. The Labute approximate surface area is 66.7 Å². The largest absolute Gasteiger partial charge is 0.332 e. The van der Waals surface area contributed by atoms with E-state index in [1.54, 1.807) is 0 Å². The van der Waals surface area contributed by atoms with Crippen LogP contribution in [0.15, 0.2) is 12.2 Å². The van der Waals surface area contributed by atoms with Crippen LogP contribution in [0.25, 0.3) is 0 Å². The average Bonchev–Trinajstić information content (AvgIpc) is 1.97. The Morgan fingerprint density at radius 1 is 1.45 bits per heavy atom. The second-order valence-corrected chi connectivity index (χ2v) is 2.16. The fourth-order valence-corrected chi connectivity index (χ4v) is 0.654. The highest BCUT2D eigenvalue weighted by atomic mass is 16.2. The molecule has 0 aliphatic carbocycles. The maximum absolute atomic E-state index is 10.8. The third-order valence-electron chi connectivity index (χ3n) is 1.30. The lowest BCUT2D eigenvalue weighted by Crippen LogP contribution is -2.30. The van der Waals surface area contributed by atoms with Crippen LogP contribution in [-0.2, 0) is 9.59 Å². The molecule has 0 aliphatic rings. The summed E-state index contributed by atoms with van der Waals surface area (Å²) in [6.45, 7) is 4.02. The van der Waals surface area contributed by atoms with E-state index in [1.807, 2.05) is 19.1 Å². The van der Waals surface area contributed by atoms with E-state index < -0.39 is 0 Å². The SMILES string of the molecule is CC=CCN(CC=O)C(C)=O. The van der Waals surface area contributed by atoms with Gasteiger partial charge in [0.1, 0.15) is 6.29 Å². The quantitative estimate of drug-likeness (QED) is 0.440. The summed E-state index contributed by atoms with van der Waals surface area (Å²) in [7, 11) is 0. The van der Waals surface area contributed by atoms with Gasteiger partial charge in [0.05, 0.1) is 6.54 Å². The van der Waals surface area contributed by atoms with Gasteiger partial charge in [-0.25, -0.2) is 0 Å². The van der Waals surface area contributed by atoms with Crippen LogP contribution in [0, 0.1) is 0 Å². The van der Waals surface area contributed by atoms with Gasteiger partial charge in [0.25, 0.3) is 0 Å². The van der Waals surface area contributed by atoms with Crippen molar-refractivity contribution in [1.29, 1.82) is 0 Å². The third kappa shape index (κ3) is 4.31. The normalized spacial score (nSPS) is 10.0. The zero-order chi connectivity index (χ0) is 8.69. The van der Waals surface area contributed by atoms with E-state index in [9.17, 15) is 9.59 Å². The lowest BCUT2D eigenvalue weighted by molar-refractivity contribution is -0.130. The molecule has 0 bridgehead atoms. The van der Waals surface area contributed by atoms with Crippen molar-refractivity contribution in [3.8, 4) is 0 Å². The number of rotatable bonds is 4. The molecule has 0 saturated heterocycles. The third-order valence-corrected chi connectivity index (χ3v) is 1.30. The van der Waals surface area contributed by atoms with E-state index >= 15 is 0 Å². The zero-order valence-corrected chi connectivity index (χ0v) is 6.91. The van der Waals surface area contributed by atoms with Crippen molar-refractivity contribution in [3.63, 3.8) is 0 Å². The molecule has 0 atom stereocenters. The highest BCUT2D eigenvalue weighted by Crippen LogP contribution is 1.87. The predicted octanol–water partition coefficient (Wildman–Crippen LogP) is 0.610. The first-order chi connectivity index (χ1) is 5.22. The van der Waals surface area contributed by atoms with Crippen molar-refractivity contribution in [1.82, 2.24) is 4.90 Å². The molecule has 3 heteroatoms. The van der Waals surface area contributed by atoms with Gasteiger partial charge in [-0.15, -0.1) is 0 Å². The lowest BCUT2D eigenvalue weighted by atomic mass is 10.4. The summed E-state index contributed by atoms with van der Waals surface area (Å²) >= 11 is 0. The fraction of sp³-hybridized carbons (Fsp3) is 0.500. The van der Waals surface area contributed by atoms with E-state index in [2.05, 4.69) is 0 Å². The van der Waals surface area contributed by atoms with Gasteiger partial charge in [0.15, 0.2) is 0 Å². The van der Waals surface area contributed by atoms with Crippen LogP contribution in [0.3, 0.4) is 0 Å². The molecule has 0 radical (unpaired) electrons. The molecule has 0 aromatic rings. The number of hydrogen-bond donors (Lipinski definition) is 0. The van der Waals surface area contributed by atoms with E-state index in [0.717, 1.165) is 6.29 Å². The number of carbonyl (C=O) groups excluding carboxylic acids is 2. The number of allylic oxidation sites excluding steroid dienone is 1. The Bertz CT molecular complexity index is 163. The molecule has 0 saturated carbocycles. The molecule has 0 spiro atoms. The molecule has 0 heterocycles. The smallest absolute Gasteiger partial charge is 0.220 e. The molecule has 3 nitrogen and oxygen atoms in total. The number of aldehydes is 1. The summed E-state index contributed by atoms with van der Waals surface area (Å²) in [5, 5.41) is 0. The standard InChI is InChI=1S/C8H13NO2/c1-3-4-5-9(6-7-10)8(2)11/h3-4,7H,5-6H2,1-2H3. The molecule has 11 heavy (non-hydrogen) atoms. The summed E-state index contributed by atoms with van der Waals surface area (Å²) < 4.78 is 0. The average molecular weight is 155 g/mol. The van der Waals surface area contributed by atoms with Crippen LogP contribution >= 0.6 is 0 Å². The van der Waals surface area contributed by atoms with Crippen LogP contribution in [0.2, 0.25) is 0 Å². The van der Waals surface area contributed by atoms with Crippen molar-refractivity contribution in [3.05, 3.63) is 12.2 Å². The van der Waals surface area contributed by atoms with Crippen molar-refractivity contribution < 1.29 is 9.59 Å². The highest BCUT2D eigenvalue weighted by Gasteiger charge is 2.03. The first kappa shape index (κ1) is 9.88. The second-order valence-electron chi connectivity index (χ2n) is 2.16. The minimum atomic E-state index is -0.0739. The molecule has 0 unspecified atom stereocenters. The molecule has 0 fully saturated rings. The number of nitrogens with zero attached hydrogens (tertiary/aromatic N) is 1. The van der Waals surface area contributed by atoms with Gasteiger partial charge in [-0.3, -0.25) is 4.79 Å². The van der Waals surface area contributed by atoms with Crippen LogP contribution in [-0.4, -0.2) is 30.2 Å². The minimum Gasteiger partial charge on any atom is -0.332 e. The number of hydrogen-bond acceptors (Lipinski definition) is 2. The van der Waals surface area contributed by atoms with E-state index in [1.165, 1.54) is 11.8 Å². The highest BCUT2D eigenvalue weighted by molar-refractivity contribution is 5.76. The summed E-state index contributed by atoms with van der Waals surface area (Å²) in [6.07, 6.45) is 4.41. The van der Waals surface area contributed by atoms with Crippen molar-refractivity contribution in [2.45, 2.75) is 13.8 Å². The Morgan fingerprint density at radius 2 is 2.09 bits per heavy atom. The van der Waals surface area contributed by atoms with Gasteiger partial charge in [0, 0.05) is 13.5 Å². The molecule has 0 aromatic heterocycles. The van der Waals surface area contributed by atoms with Gasteiger partial charge in [-0.1, -0.05) is 12.2 Å². The Hall–Kier alpha value is -1.12. The summed E-state index contributed by atoms with van der Waals surface area (Å²) in [5.74, 6) is -0.0739. The van der Waals surface area contributed by atoms with Gasteiger partial charge < -0.3 is 9.69 Å².